The van der Waals surface area contributed by atoms with Crippen LogP contribution in [0.5, 0.6) is 0 Å². The second kappa shape index (κ2) is 6.94. The number of hydrogen-bond donors (Lipinski definition) is 0. The number of rotatable bonds is 4. The van der Waals surface area contributed by atoms with E-state index in [1.165, 1.54) is 48.7 Å². The Kier molecular flexibility index (Phi) is 4.72. The highest BCUT2D eigenvalue weighted by Gasteiger charge is 2.21. The molecule has 1 aromatic heterocycles. The van der Waals surface area contributed by atoms with E-state index in [1.54, 1.807) is 24.3 Å². The number of aromatic nitrogens is 1. The summed E-state index contributed by atoms with van der Waals surface area (Å²) in [6.45, 7) is 0. The zero-order valence-corrected chi connectivity index (χ0v) is 13.7. The van der Waals surface area contributed by atoms with Crippen molar-refractivity contribution in [1.82, 2.24) is 4.98 Å². The van der Waals surface area contributed by atoms with Crippen LogP contribution in [0.25, 0.3) is 12.2 Å². The van der Waals surface area contributed by atoms with Gasteiger partial charge in [0.15, 0.2) is 0 Å². The van der Waals surface area contributed by atoms with Crippen molar-refractivity contribution in [3.63, 3.8) is 0 Å². The van der Waals surface area contributed by atoms with Crippen LogP contribution < -0.4 is 0 Å². The molecule has 0 atom stereocenters. The maximum absolute atomic E-state index is 13.7. The minimum Gasteiger partial charge on any atom is -0.256 e. The van der Waals surface area contributed by atoms with Crippen LogP contribution in [0.15, 0.2) is 76.7 Å². The van der Waals surface area contributed by atoms with Crippen molar-refractivity contribution in [3.8, 4) is 0 Å². The van der Waals surface area contributed by atoms with Crippen LogP contribution in [0, 0.1) is 11.6 Å². The van der Waals surface area contributed by atoms with Gasteiger partial charge < -0.3 is 0 Å². The van der Waals surface area contributed by atoms with E-state index in [1.807, 2.05) is 0 Å². The molecule has 3 rings (SSSR count). The first-order chi connectivity index (χ1) is 12.0. The fourth-order valence-corrected chi connectivity index (χ4v) is 3.51. The van der Waals surface area contributed by atoms with Gasteiger partial charge in [0, 0.05) is 6.20 Å². The first-order valence-corrected chi connectivity index (χ1v) is 8.84. The summed E-state index contributed by atoms with van der Waals surface area (Å²) in [6, 6.07) is 14.1. The summed E-state index contributed by atoms with van der Waals surface area (Å²) in [5.74, 6) is -1.15. The van der Waals surface area contributed by atoms with Crippen molar-refractivity contribution in [2.24, 2.45) is 0 Å². The minimum absolute atomic E-state index is 0.0968. The van der Waals surface area contributed by atoms with Gasteiger partial charge in [-0.1, -0.05) is 30.3 Å². The van der Waals surface area contributed by atoms with E-state index in [2.05, 4.69) is 4.98 Å². The molecule has 2 aromatic carbocycles. The Hall–Kier alpha value is -2.86. The van der Waals surface area contributed by atoms with Crippen LogP contribution in [-0.2, 0) is 9.84 Å². The first kappa shape index (κ1) is 17.0. The zero-order valence-electron chi connectivity index (χ0n) is 12.9. The van der Waals surface area contributed by atoms with Crippen molar-refractivity contribution in [2.45, 2.75) is 9.79 Å². The van der Waals surface area contributed by atoms with Crippen LogP contribution in [-0.4, -0.2) is 13.4 Å². The molecule has 3 aromatic rings. The van der Waals surface area contributed by atoms with Crippen molar-refractivity contribution in [2.75, 3.05) is 0 Å². The van der Waals surface area contributed by atoms with E-state index in [-0.39, 0.29) is 15.6 Å². The molecule has 3 nitrogen and oxygen atoms in total. The molecule has 0 fully saturated rings. The van der Waals surface area contributed by atoms with Crippen molar-refractivity contribution >= 4 is 22.0 Å². The lowest BCUT2D eigenvalue weighted by molar-refractivity contribution is 0.566. The van der Waals surface area contributed by atoms with E-state index < -0.39 is 15.7 Å². The van der Waals surface area contributed by atoms with Gasteiger partial charge in [0.2, 0.25) is 9.84 Å². The average Bonchev–Trinajstić information content (AvgIpc) is 2.61. The lowest BCUT2D eigenvalue weighted by atomic mass is 10.2. The number of benzene rings is 2. The summed E-state index contributed by atoms with van der Waals surface area (Å²) < 4.78 is 51.8. The van der Waals surface area contributed by atoms with Gasteiger partial charge in [-0.25, -0.2) is 17.2 Å². The highest BCUT2D eigenvalue weighted by Crippen LogP contribution is 2.22. The van der Waals surface area contributed by atoms with Gasteiger partial charge in [0.25, 0.3) is 0 Å². The predicted octanol–water partition coefficient (Wildman–Crippen LogP) is 4.36. The molecule has 1 heterocycles. The summed E-state index contributed by atoms with van der Waals surface area (Å²) in [4.78, 5) is 3.57. The fraction of sp³-hybridized carbons (Fsp3) is 0. The smallest absolute Gasteiger partial charge is 0.211 e. The molecule has 0 aliphatic heterocycles. The molecular formula is C19H13F2NO2S. The third-order valence-corrected chi connectivity index (χ3v) is 5.26. The van der Waals surface area contributed by atoms with Gasteiger partial charge >= 0.3 is 0 Å². The Morgan fingerprint density at radius 1 is 0.880 bits per heavy atom. The summed E-state index contributed by atoms with van der Waals surface area (Å²) in [5.41, 5.74) is 1.15. The number of hydrogen-bond acceptors (Lipinski definition) is 3. The van der Waals surface area contributed by atoms with Gasteiger partial charge in [-0.15, -0.1) is 0 Å². The summed E-state index contributed by atoms with van der Waals surface area (Å²) in [6.07, 6.45) is 4.47. The Labute approximate surface area is 144 Å². The molecule has 0 saturated heterocycles. The third-order valence-electron chi connectivity index (χ3n) is 3.49. The Morgan fingerprint density at radius 2 is 1.68 bits per heavy atom. The van der Waals surface area contributed by atoms with Crippen LogP contribution in [0.4, 0.5) is 8.78 Å². The normalized spacial score (nSPS) is 11.8. The van der Waals surface area contributed by atoms with Crippen LogP contribution >= 0.6 is 0 Å². The predicted molar refractivity (Wildman–Crippen MR) is 91.4 cm³/mol. The molecule has 0 bridgehead atoms. The van der Waals surface area contributed by atoms with Crippen molar-refractivity contribution in [1.29, 1.82) is 0 Å². The van der Waals surface area contributed by atoms with Crippen molar-refractivity contribution < 1.29 is 17.2 Å². The van der Waals surface area contributed by atoms with E-state index in [0.717, 1.165) is 6.07 Å². The molecule has 0 saturated carbocycles. The monoisotopic (exact) mass is 357 g/mol. The summed E-state index contributed by atoms with van der Waals surface area (Å²) in [5, 5.41) is 0. The van der Waals surface area contributed by atoms with E-state index in [9.17, 15) is 17.2 Å². The van der Waals surface area contributed by atoms with Gasteiger partial charge in [-0.3, -0.25) is 4.98 Å². The number of sulfone groups is 1. The average molecular weight is 357 g/mol. The Bertz CT molecular complexity index is 1030. The molecule has 6 heteroatoms. The molecule has 0 amide bonds. The molecule has 25 heavy (non-hydrogen) atoms. The summed E-state index contributed by atoms with van der Waals surface area (Å²) >= 11 is 0. The summed E-state index contributed by atoms with van der Waals surface area (Å²) in [7, 11) is -3.97. The lowest BCUT2D eigenvalue weighted by Crippen LogP contribution is -2.05. The molecule has 0 spiro atoms. The molecule has 0 aliphatic carbocycles. The maximum atomic E-state index is 13.7. The number of pyridine rings is 1. The number of halogens is 2. The third kappa shape index (κ3) is 3.80. The lowest BCUT2D eigenvalue weighted by Gasteiger charge is -2.05. The molecule has 0 unspecified atom stereocenters. The molecular weight excluding hydrogens is 344 g/mol. The molecule has 0 N–H and O–H groups in total. The molecule has 126 valence electrons. The minimum atomic E-state index is -3.97. The van der Waals surface area contributed by atoms with Crippen LogP contribution in [0.1, 0.15) is 11.3 Å². The topological polar surface area (TPSA) is 47.0 Å². The Balaban J connectivity index is 1.86. The molecule has 0 radical (unpaired) electrons. The largest absolute Gasteiger partial charge is 0.256 e. The van der Waals surface area contributed by atoms with Gasteiger partial charge in [-0.05, 0) is 48.0 Å². The maximum Gasteiger partial charge on any atom is 0.211 e. The van der Waals surface area contributed by atoms with Gasteiger partial charge in [-0.2, -0.15) is 0 Å². The Morgan fingerprint density at radius 3 is 2.36 bits per heavy atom. The van der Waals surface area contributed by atoms with Crippen LogP contribution in [0.3, 0.4) is 0 Å². The highest BCUT2D eigenvalue weighted by atomic mass is 32.2. The highest BCUT2D eigenvalue weighted by molar-refractivity contribution is 7.91. The number of nitrogens with zero attached hydrogens (tertiary/aromatic N) is 1. The zero-order chi connectivity index (χ0) is 17.9. The van der Waals surface area contributed by atoms with E-state index >= 15 is 0 Å². The standard InChI is InChI=1S/C19H13F2NO2S/c20-15-5-3-4-14(12-15)8-9-16-10-11-17(13-22-16)25(23,24)19-7-2-1-6-18(19)21/h1-13H/b9-8+. The second-order valence-corrected chi connectivity index (χ2v) is 7.16. The van der Waals surface area contributed by atoms with Crippen LogP contribution in [0.2, 0.25) is 0 Å². The second-order valence-electron chi connectivity index (χ2n) is 5.24. The van der Waals surface area contributed by atoms with Gasteiger partial charge in [0.1, 0.15) is 16.5 Å². The first-order valence-electron chi connectivity index (χ1n) is 7.36. The fourth-order valence-electron chi connectivity index (χ4n) is 2.23. The van der Waals surface area contributed by atoms with Gasteiger partial charge in [0.05, 0.1) is 10.6 Å². The van der Waals surface area contributed by atoms with Crippen molar-refractivity contribution in [3.05, 3.63) is 89.8 Å². The quantitative estimate of drug-likeness (QED) is 0.697. The molecule has 0 aliphatic rings. The SMILES string of the molecule is O=S(=O)(c1ccc(/C=C/c2cccc(F)c2)nc1)c1ccccc1F. The van der Waals surface area contributed by atoms with E-state index in [4.69, 9.17) is 0 Å². The van der Waals surface area contributed by atoms with E-state index in [0.29, 0.717) is 11.3 Å².